The third-order valence-corrected chi connectivity index (χ3v) is 2.25. The van der Waals surface area contributed by atoms with Crippen molar-refractivity contribution < 1.29 is 0 Å². The summed E-state index contributed by atoms with van der Waals surface area (Å²) in [6, 6.07) is 7.71. The summed E-state index contributed by atoms with van der Waals surface area (Å²) in [5.74, 6) is 0.466. The summed E-state index contributed by atoms with van der Waals surface area (Å²) < 4.78 is 0. The van der Waals surface area contributed by atoms with E-state index in [-0.39, 0.29) is 0 Å². The Labute approximate surface area is 93.4 Å². The first-order valence-corrected chi connectivity index (χ1v) is 4.83. The monoisotopic (exact) mass is 210 g/mol. The Kier molecular flexibility index (Phi) is 2.79. The second-order valence-electron chi connectivity index (χ2n) is 3.35. The first kappa shape index (κ1) is 10.1. The maximum Gasteiger partial charge on any atom is 0.131 e. The predicted octanol–water partition coefficient (Wildman–Crippen LogP) is 1.79. The average Bonchev–Trinajstić information content (AvgIpc) is 2.33. The highest BCUT2D eigenvalue weighted by Gasteiger charge is 2.04. The van der Waals surface area contributed by atoms with Gasteiger partial charge in [-0.05, 0) is 29.3 Å². The van der Waals surface area contributed by atoms with Gasteiger partial charge in [0.15, 0.2) is 0 Å². The van der Waals surface area contributed by atoms with Gasteiger partial charge < -0.3 is 5.73 Å². The summed E-state index contributed by atoms with van der Waals surface area (Å²) in [6.07, 6.45) is 5.37. The topological polar surface area (TPSA) is 75.6 Å². The highest BCUT2D eigenvalue weighted by atomic mass is 14.8. The normalized spacial score (nSPS) is 9.69. The van der Waals surface area contributed by atoms with E-state index in [1.54, 1.807) is 18.6 Å². The van der Waals surface area contributed by atoms with E-state index < -0.39 is 0 Å². The fraction of sp³-hybridized carbons (Fsp3) is 0.0833. The van der Waals surface area contributed by atoms with Crippen molar-refractivity contribution in [2.75, 3.05) is 5.73 Å². The molecule has 0 saturated carbocycles. The average molecular weight is 210 g/mol. The van der Waals surface area contributed by atoms with Gasteiger partial charge in [-0.15, -0.1) is 0 Å². The van der Waals surface area contributed by atoms with Crippen LogP contribution >= 0.6 is 0 Å². The molecular formula is C12H10N4. The highest BCUT2D eigenvalue weighted by molar-refractivity contribution is 5.73. The van der Waals surface area contributed by atoms with Crippen molar-refractivity contribution in [1.29, 1.82) is 5.26 Å². The van der Waals surface area contributed by atoms with E-state index in [4.69, 9.17) is 11.0 Å². The third kappa shape index (κ3) is 1.98. The minimum Gasteiger partial charge on any atom is -0.383 e. The van der Waals surface area contributed by atoms with Crippen LogP contribution in [0.2, 0.25) is 0 Å². The number of hydrogen-bond donors (Lipinski definition) is 1. The molecule has 2 N–H and O–H groups in total. The molecule has 0 unspecified atom stereocenters. The Hall–Kier alpha value is -2.41. The zero-order valence-electron chi connectivity index (χ0n) is 8.59. The van der Waals surface area contributed by atoms with Crippen molar-refractivity contribution >= 4 is 5.82 Å². The molecule has 0 bridgehead atoms. The molecule has 0 amide bonds. The van der Waals surface area contributed by atoms with Gasteiger partial charge in [-0.3, -0.25) is 4.98 Å². The lowest BCUT2D eigenvalue weighted by molar-refractivity contribution is 1.20. The number of nitriles is 1. The van der Waals surface area contributed by atoms with Gasteiger partial charge in [0.05, 0.1) is 12.5 Å². The molecule has 0 saturated heterocycles. The molecule has 2 rings (SSSR count). The third-order valence-electron chi connectivity index (χ3n) is 2.25. The summed E-state index contributed by atoms with van der Waals surface area (Å²) in [6.45, 7) is 0. The molecule has 0 aromatic carbocycles. The molecule has 78 valence electrons. The van der Waals surface area contributed by atoms with E-state index >= 15 is 0 Å². The maximum atomic E-state index is 8.63. The van der Waals surface area contributed by atoms with E-state index in [0.29, 0.717) is 12.2 Å². The van der Waals surface area contributed by atoms with Crippen LogP contribution in [0.3, 0.4) is 0 Å². The second-order valence-corrected chi connectivity index (χ2v) is 3.35. The number of nitrogens with zero attached hydrogens (tertiary/aromatic N) is 3. The molecule has 2 heterocycles. The van der Waals surface area contributed by atoms with E-state index in [0.717, 1.165) is 16.7 Å². The Morgan fingerprint density at radius 3 is 2.75 bits per heavy atom. The highest BCUT2D eigenvalue weighted by Crippen LogP contribution is 2.24. The number of pyridine rings is 2. The molecule has 0 radical (unpaired) electrons. The van der Waals surface area contributed by atoms with Gasteiger partial charge in [0.2, 0.25) is 0 Å². The molecule has 0 spiro atoms. The van der Waals surface area contributed by atoms with Crippen LogP contribution in [-0.4, -0.2) is 9.97 Å². The van der Waals surface area contributed by atoms with Crippen molar-refractivity contribution in [3.8, 4) is 17.2 Å². The molecule has 2 aromatic rings. The van der Waals surface area contributed by atoms with Crippen molar-refractivity contribution in [1.82, 2.24) is 9.97 Å². The summed E-state index contributed by atoms with van der Waals surface area (Å²) >= 11 is 0. The van der Waals surface area contributed by atoms with E-state index in [1.165, 1.54) is 0 Å². The van der Waals surface area contributed by atoms with Crippen LogP contribution in [0.5, 0.6) is 0 Å². The van der Waals surface area contributed by atoms with Crippen LogP contribution in [0.15, 0.2) is 36.8 Å². The Bertz CT molecular complexity index is 528. The molecule has 0 atom stereocenters. The van der Waals surface area contributed by atoms with Crippen molar-refractivity contribution in [2.24, 2.45) is 0 Å². The van der Waals surface area contributed by atoms with Crippen LogP contribution in [0.4, 0.5) is 5.82 Å². The molecule has 4 nitrogen and oxygen atoms in total. The maximum absolute atomic E-state index is 8.63. The lowest BCUT2D eigenvalue weighted by Crippen LogP contribution is -1.96. The summed E-state index contributed by atoms with van der Waals surface area (Å²) in [7, 11) is 0. The molecule has 2 aromatic heterocycles. The van der Waals surface area contributed by atoms with E-state index in [9.17, 15) is 0 Å². The molecule has 0 aliphatic rings. The minimum absolute atomic E-state index is 0.339. The molecule has 16 heavy (non-hydrogen) atoms. The van der Waals surface area contributed by atoms with Gasteiger partial charge >= 0.3 is 0 Å². The lowest BCUT2D eigenvalue weighted by atomic mass is 10.1. The Morgan fingerprint density at radius 2 is 2.06 bits per heavy atom. The lowest BCUT2D eigenvalue weighted by Gasteiger charge is -2.05. The minimum atomic E-state index is 0.339. The zero-order chi connectivity index (χ0) is 11.4. The van der Waals surface area contributed by atoms with Gasteiger partial charge in [-0.25, -0.2) is 4.98 Å². The van der Waals surface area contributed by atoms with Gasteiger partial charge in [0.1, 0.15) is 5.82 Å². The van der Waals surface area contributed by atoms with E-state index in [1.807, 2.05) is 18.2 Å². The Morgan fingerprint density at radius 1 is 1.31 bits per heavy atom. The number of anilines is 1. The molecular weight excluding hydrogens is 200 g/mol. The first-order chi connectivity index (χ1) is 7.81. The second kappa shape index (κ2) is 4.41. The number of hydrogen-bond acceptors (Lipinski definition) is 4. The van der Waals surface area contributed by atoms with Gasteiger partial charge in [-0.2, -0.15) is 5.26 Å². The number of nitrogen functional groups attached to an aromatic ring is 1. The smallest absolute Gasteiger partial charge is 0.131 e. The fourth-order valence-corrected chi connectivity index (χ4v) is 1.47. The van der Waals surface area contributed by atoms with Crippen LogP contribution < -0.4 is 5.73 Å². The fourth-order valence-electron chi connectivity index (χ4n) is 1.47. The molecule has 0 fully saturated rings. The standard InChI is InChI=1S/C12H10N4/c13-4-1-9-7-11(12(14)16-8-9)10-2-5-15-6-3-10/h2-3,5-8H,1H2,(H2,14,16). The van der Waals surface area contributed by atoms with Crippen LogP contribution in [-0.2, 0) is 6.42 Å². The van der Waals surface area contributed by atoms with Crippen LogP contribution in [0.1, 0.15) is 5.56 Å². The van der Waals surface area contributed by atoms with Gasteiger partial charge in [0.25, 0.3) is 0 Å². The van der Waals surface area contributed by atoms with Crippen LogP contribution in [0, 0.1) is 11.3 Å². The molecule has 4 heteroatoms. The zero-order valence-corrected chi connectivity index (χ0v) is 8.59. The summed E-state index contributed by atoms with van der Waals surface area (Å²) in [4.78, 5) is 8.03. The largest absolute Gasteiger partial charge is 0.383 e. The van der Waals surface area contributed by atoms with Gasteiger partial charge in [-0.1, -0.05) is 0 Å². The Balaban J connectivity index is 2.48. The molecule has 0 aliphatic carbocycles. The number of nitrogens with two attached hydrogens (primary N) is 1. The SMILES string of the molecule is N#CCc1cnc(N)c(-c2ccncc2)c1. The van der Waals surface area contributed by atoms with Crippen LogP contribution in [0.25, 0.3) is 11.1 Å². The first-order valence-electron chi connectivity index (χ1n) is 4.83. The van der Waals surface area contributed by atoms with Crippen molar-refractivity contribution in [3.05, 3.63) is 42.4 Å². The number of rotatable bonds is 2. The van der Waals surface area contributed by atoms with E-state index in [2.05, 4.69) is 16.0 Å². The molecule has 0 aliphatic heterocycles. The quantitative estimate of drug-likeness (QED) is 0.819. The number of aromatic nitrogens is 2. The van der Waals surface area contributed by atoms with Crippen molar-refractivity contribution in [3.63, 3.8) is 0 Å². The predicted molar refractivity (Wildman–Crippen MR) is 61.2 cm³/mol. The van der Waals surface area contributed by atoms with Gasteiger partial charge in [0, 0.05) is 24.2 Å². The summed E-state index contributed by atoms with van der Waals surface area (Å²) in [5, 5.41) is 8.63. The van der Waals surface area contributed by atoms with Crippen molar-refractivity contribution in [2.45, 2.75) is 6.42 Å². The summed E-state index contributed by atoms with van der Waals surface area (Å²) in [5.41, 5.74) is 8.47.